The summed E-state index contributed by atoms with van der Waals surface area (Å²) in [6, 6.07) is 4.26. The molecule has 0 saturated carbocycles. The van der Waals surface area contributed by atoms with Crippen molar-refractivity contribution in [2.45, 2.75) is 43.2 Å². The van der Waals surface area contributed by atoms with Gasteiger partial charge in [0.2, 0.25) is 0 Å². The molecule has 4 heteroatoms. The predicted octanol–water partition coefficient (Wildman–Crippen LogP) is 2.46. The minimum absolute atomic E-state index is 0.350. The first kappa shape index (κ1) is 12.9. The Morgan fingerprint density at radius 3 is 3.00 bits per heavy atom. The van der Waals surface area contributed by atoms with E-state index in [9.17, 15) is 0 Å². The van der Waals surface area contributed by atoms with Crippen LogP contribution < -0.4 is 5.32 Å². The van der Waals surface area contributed by atoms with E-state index in [-0.39, 0.29) is 0 Å². The third-order valence-electron chi connectivity index (χ3n) is 2.96. The Morgan fingerprint density at radius 1 is 1.53 bits per heavy atom. The number of nitrogens with one attached hydrogen (secondary N) is 1. The monoisotopic (exact) mass is 252 g/mol. The first-order valence-electron chi connectivity index (χ1n) is 6.23. The molecule has 1 saturated heterocycles. The molecule has 2 heterocycles. The lowest BCUT2D eigenvalue weighted by Crippen LogP contribution is -2.13. The first-order valence-corrected chi connectivity index (χ1v) is 7.11. The third kappa shape index (κ3) is 3.69. The van der Waals surface area contributed by atoms with E-state index in [1.807, 2.05) is 18.0 Å². The van der Waals surface area contributed by atoms with Gasteiger partial charge in [-0.05, 0) is 31.5 Å². The van der Waals surface area contributed by atoms with Crippen LogP contribution in [0.5, 0.6) is 0 Å². The molecule has 3 nitrogen and oxygen atoms in total. The maximum Gasteiger partial charge on any atom is 0.0963 e. The molecule has 0 bridgehead atoms. The molecule has 0 radical (unpaired) electrons. The molecule has 1 aromatic heterocycles. The average molecular weight is 252 g/mol. The van der Waals surface area contributed by atoms with Gasteiger partial charge in [-0.3, -0.25) is 0 Å². The van der Waals surface area contributed by atoms with Crippen LogP contribution in [0.3, 0.4) is 0 Å². The molecule has 94 valence electrons. The zero-order valence-electron chi connectivity index (χ0n) is 10.5. The van der Waals surface area contributed by atoms with Crippen LogP contribution in [-0.2, 0) is 11.3 Å². The molecule has 1 aliphatic heterocycles. The van der Waals surface area contributed by atoms with Crippen LogP contribution in [0.4, 0.5) is 0 Å². The molecule has 2 atom stereocenters. The molecular weight excluding hydrogens is 232 g/mol. The fourth-order valence-electron chi connectivity index (χ4n) is 1.88. The van der Waals surface area contributed by atoms with Crippen LogP contribution in [0.15, 0.2) is 23.4 Å². The quantitative estimate of drug-likeness (QED) is 0.873. The molecule has 1 aliphatic rings. The normalized spacial score (nSPS) is 24.1. The summed E-state index contributed by atoms with van der Waals surface area (Å²) >= 11 is 1.84. The largest absolute Gasteiger partial charge is 0.377 e. The highest BCUT2D eigenvalue weighted by Gasteiger charge is 2.25. The van der Waals surface area contributed by atoms with Gasteiger partial charge < -0.3 is 10.1 Å². The predicted molar refractivity (Wildman–Crippen MR) is 71.3 cm³/mol. The Morgan fingerprint density at radius 2 is 2.41 bits per heavy atom. The fourth-order valence-corrected chi connectivity index (χ4v) is 2.93. The molecule has 0 spiro atoms. The highest BCUT2D eigenvalue weighted by atomic mass is 32.2. The Balaban J connectivity index is 1.89. The highest BCUT2D eigenvalue weighted by molar-refractivity contribution is 7.99. The van der Waals surface area contributed by atoms with Crippen molar-refractivity contribution in [3.63, 3.8) is 0 Å². The third-order valence-corrected chi connectivity index (χ3v) is 4.36. The summed E-state index contributed by atoms with van der Waals surface area (Å²) in [7, 11) is 0. The van der Waals surface area contributed by atoms with Gasteiger partial charge in [-0.25, -0.2) is 4.98 Å². The number of hydrogen-bond acceptors (Lipinski definition) is 4. The second-order valence-corrected chi connectivity index (χ2v) is 5.57. The van der Waals surface area contributed by atoms with Crippen molar-refractivity contribution in [3.05, 3.63) is 23.9 Å². The number of aromatic nitrogens is 1. The summed E-state index contributed by atoms with van der Waals surface area (Å²) in [6.07, 6.45) is 3.45. The zero-order chi connectivity index (χ0) is 12.1. The van der Waals surface area contributed by atoms with Crippen molar-refractivity contribution in [1.29, 1.82) is 0 Å². The minimum Gasteiger partial charge on any atom is -0.377 e. The topological polar surface area (TPSA) is 34.1 Å². The molecule has 17 heavy (non-hydrogen) atoms. The summed E-state index contributed by atoms with van der Waals surface area (Å²) in [5.41, 5.74) is 1.24. The maximum atomic E-state index is 5.56. The Labute approximate surface area is 107 Å². The van der Waals surface area contributed by atoms with Crippen LogP contribution in [0.25, 0.3) is 0 Å². The number of ether oxygens (including phenoxy) is 1. The van der Waals surface area contributed by atoms with E-state index in [1.54, 1.807) is 0 Å². The van der Waals surface area contributed by atoms with Gasteiger partial charge in [0.1, 0.15) is 0 Å². The van der Waals surface area contributed by atoms with E-state index in [2.05, 4.69) is 36.3 Å². The summed E-state index contributed by atoms with van der Waals surface area (Å²) in [6.45, 7) is 7.03. The lowest BCUT2D eigenvalue weighted by atomic mass is 10.3. The molecule has 0 amide bonds. The molecule has 2 rings (SSSR count). The van der Waals surface area contributed by atoms with Crippen LogP contribution in [0.1, 0.15) is 25.8 Å². The summed E-state index contributed by atoms with van der Waals surface area (Å²) < 4.78 is 5.56. The van der Waals surface area contributed by atoms with Gasteiger partial charge >= 0.3 is 0 Å². The van der Waals surface area contributed by atoms with E-state index in [4.69, 9.17) is 4.74 Å². The van der Waals surface area contributed by atoms with Crippen molar-refractivity contribution < 1.29 is 4.74 Å². The second kappa shape index (κ2) is 6.38. The Hall–Kier alpha value is -0.580. The Kier molecular flexibility index (Phi) is 4.83. The van der Waals surface area contributed by atoms with E-state index in [0.717, 1.165) is 31.1 Å². The number of pyridine rings is 1. The summed E-state index contributed by atoms with van der Waals surface area (Å²) in [4.78, 5) is 4.50. The van der Waals surface area contributed by atoms with Crippen molar-refractivity contribution in [2.24, 2.45) is 0 Å². The molecular formula is C13H20N2OS. The van der Waals surface area contributed by atoms with E-state index >= 15 is 0 Å². The molecule has 1 N–H and O–H groups in total. The number of rotatable bonds is 5. The standard InChI is InChI=1S/C13H20N2OS/c1-3-14-8-11-4-5-13(15-9-11)17-12-6-7-16-10(12)2/h4-5,9-10,12,14H,3,6-8H2,1-2H3. The molecule has 1 fully saturated rings. The summed E-state index contributed by atoms with van der Waals surface area (Å²) in [5, 5.41) is 4.96. The maximum absolute atomic E-state index is 5.56. The smallest absolute Gasteiger partial charge is 0.0963 e. The van der Waals surface area contributed by atoms with Gasteiger partial charge in [0, 0.05) is 24.6 Å². The zero-order valence-corrected chi connectivity index (χ0v) is 11.3. The Bertz CT molecular complexity index is 342. The molecule has 0 aliphatic carbocycles. The lowest BCUT2D eigenvalue weighted by molar-refractivity contribution is 0.127. The van der Waals surface area contributed by atoms with E-state index in [1.165, 1.54) is 5.56 Å². The SMILES string of the molecule is CCNCc1ccc(SC2CCOC2C)nc1. The van der Waals surface area contributed by atoms with E-state index < -0.39 is 0 Å². The second-order valence-electron chi connectivity index (χ2n) is 4.31. The fraction of sp³-hybridized carbons (Fsp3) is 0.615. The highest BCUT2D eigenvalue weighted by Crippen LogP contribution is 2.31. The number of nitrogens with zero attached hydrogens (tertiary/aromatic N) is 1. The summed E-state index contributed by atoms with van der Waals surface area (Å²) in [5.74, 6) is 0. The van der Waals surface area contributed by atoms with Crippen LogP contribution in [-0.4, -0.2) is 29.5 Å². The van der Waals surface area contributed by atoms with Gasteiger partial charge in [0.25, 0.3) is 0 Å². The van der Waals surface area contributed by atoms with Crippen LogP contribution >= 0.6 is 11.8 Å². The van der Waals surface area contributed by atoms with Gasteiger partial charge in [-0.15, -0.1) is 11.8 Å². The van der Waals surface area contributed by atoms with Gasteiger partial charge in [-0.1, -0.05) is 13.0 Å². The average Bonchev–Trinajstić information content (AvgIpc) is 2.74. The van der Waals surface area contributed by atoms with Gasteiger partial charge in [0.05, 0.1) is 11.1 Å². The molecule has 1 aromatic rings. The number of thioether (sulfide) groups is 1. The van der Waals surface area contributed by atoms with Crippen LogP contribution in [0.2, 0.25) is 0 Å². The van der Waals surface area contributed by atoms with Gasteiger partial charge in [-0.2, -0.15) is 0 Å². The minimum atomic E-state index is 0.350. The molecule has 2 unspecified atom stereocenters. The molecule has 0 aromatic carbocycles. The van der Waals surface area contributed by atoms with Crippen molar-refractivity contribution in [2.75, 3.05) is 13.2 Å². The van der Waals surface area contributed by atoms with Crippen molar-refractivity contribution in [3.8, 4) is 0 Å². The van der Waals surface area contributed by atoms with Crippen LogP contribution in [0, 0.1) is 0 Å². The first-order chi connectivity index (χ1) is 8.29. The van der Waals surface area contributed by atoms with Gasteiger partial charge in [0.15, 0.2) is 0 Å². The van der Waals surface area contributed by atoms with Crippen molar-refractivity contribution >= 4 is 11.8 Å². The van der Waals surface area contributed by atoms with Crippen molar-refractivity contribution in [1.82, 2.24) is 10.3 Å². The van der Waals surface area contributed by atoms with E-state index in [0.29, 0.717) is 11.4 Å². The number of hydrogen-bond donors (Lipinski definition) is 1. The lowest BCUT2D eigenvalue weighted by Gasteiger charge is -2.12.